The molecule has 1 aromatic heterocycles. The summed E-state index contributed by atoms with van der Waals surface area (Å²) in [6, 6.07) is 13.6. The topological polar surface area (TPSA) is 66.5 Å². The molecule has 0 bridgehead atoms. The summed E-state index contributed by atoms with van der Waals surface area (Å²) in [6.07, 6.45) is 4.30. The van der Waals surface area contributed by atoms with Crippen LogP contribution in [0.3, 0.4) is 0 Å². The molecular weight excluding hydrogens is 382 g/mol. The number of rotatable bonds is 6. The molecule has 0 fully saturated rings. The molecule has 0 saturated carbocycles. The van der Waals surface area contributed by atoms with Crippen LogP contribution in [-0.2, 0) is 11.2 Å². The van der Waals surface area contributed by atoms with Crippen molar-refractivity contribution in [2.75, 3.05) is 6.61 Å². The zero-order valence-electron chi connectivity index (χ0n) is 13.8. The van der Waals surface area contributed by atoms with E-state index in [2.05, 4.69) is 31.4 Å². The van der Waals surface area contributed by atoms with Gasteiger partial charge in [0.05, 0.1) is 6.21 Å². The number of hydrogen-bond acceptors (Lipinski definition) is 3. The molecule has 0 atom stereocenters. The molecule has 25 heavy (non-hydrogen) atoms. The van der Waals surface area contributed by atoms with Crippen LogP contribution >= 0.6 is 15.9 Å². The summed E-state index contributed by atoms with van der Waals surface area (Å²) in [6.45, 7) is 1.96. The highest BCUT2D eigenvalue weighted by molar-refractivity contribution is 9.10. The number of carbonyl (C=O) groups is 1. The Balaban J connectivity index is 1.56. The molecular formula is C19H18BrN3O2. The van der Waals surface area contributed by atoms with E-state index in [-0.39, 0.29) is 12.5 Å². The first-order valence-electron chi connectivity index (χ1n) is 7.96. The van der Waals surface area contributed by atoms with Crippen molar-refractivity contribution >= 4 is 39.0 Å². The SMILES string of the molecule is CCc1cc(Br)ccc1OCC(=O)N/N=C/c1c[nH]c2ccccc12. The first kappa shape index (κ1) is 17.2. The number of aromatic amines is 1. The summed E-state index contributed by atoms with van der Waals surface area (Å²) in [5, 5.41) is 5.06. The molecule has 0 radical (unpaired) electrons. The Kier molecular flexibility index (Phi) is 5.50. The number of aromatic nitrogens is 1. The van der Waals surface area contributed by atoms with Crippen LogP contribution in [0, 0.1) is 0 Å². The van der Waals surface area contributed by atoms with Crippen molar-refractivity contribution in [2.45, 2.75) is 13.3 Å². The Labute approximate surface area is 154 Å². The van der Waals surface area contributed by atoms with Gasteiger partial charge in [0.15, 0.2) is 6.61 Å². The van der Waals surface area contributed by atoms with E-state index in [1.54, 1.807) is 6.21 Å². The predicted octanol–water partition coefficient (Wildman–Crippen LogP) is 4.02. The first-order valence-corrected chi connectivity index (χ1v) is 8.76. The molecule has 128 valence electrons. The summed E-state index contributed by atoms with van der Waals surface area (Å²) in [7, 11) is 0. The van der Waals surface area contributed by atoms with Gasteiger partial charge in [0.1, 0.15) is 5.75 Å². The van der Waals surface area contributed by atoms with Gasteiger partial charge in [-0.05, 0) is 36.2 Å². The predicted molar refractivity (Wildman–Crippen MR) is 103 cm³/mol. The number of benzene rings is 2. The van der Waals surface area contributed by atoms with Crippen molar-refractivity contribution < 1.29 is 9.53 Å². The van der Waals surface area contributed by atoms with Crippen LogP contribution < -0.4 is 10.2 Å². The van der Waals surface area contributed by atoms with Crippen LogP contribution in [0.25, 0.3) is 10.9 Å². The fourth-order valence-corrected chi connectivity index (χ4v) is 2.92. The molecule has 1 heterocycles. The van der Waals surface area contributed by atoms with Gasteiger partial charge in [0.2, 0.25) is 0 Å². The number of fused-ring (bicyclic) bond motifs is 1. The summed E-state index contributed by atoms with van der Waals surface area (Å²) in [4.78, 5) is 15.1. The third kappa shape index (κ3) is 4.28. The Morgan fingerprint density at radius 2 is 2.16 bits per heavy atom. The van der Waals surface area contributed by atoms with Gasteiger partial charge in [-0.3, -0.25) is 4.79 Å². The maximum atomic E-state index is 11.9. The third-order valence-corrected chi connectivity index (χ3v) is 4.27. The monoisotopic (exact) mass is 399 g/mol. The average molecular weight is 400 g/mol. The molecule has 0 saturated heterocycles. The molecule has 5 nitrogen and oxygen atoms in total. The Morgan fingerprint density at radius 1 is 1.32 bits per heavy atom. The van der Waals surface area contributed by atoms with Gasteiger partial charge in [-0.1, -0.05) is 41.1 Å². The average Bonchev–Trinajstić information content (AvgIpc) is 3.04. The fourth-order valence-electron chi connectivity index (χ4n) is 2.52. The van der Waals surface area contributed by atoms with Gasteiger partial charge >= 0.3 is 0 Å². The van der Waals surface area contributed by atoms with E-state index in [1.807, 2.05) is 55.6 Å². The van der Waals surface area contributed by atoms with Crippen LogP contribution in [0.2, 0.25) is 0 Å². The number of halogens is 1. The zero-order valence-corrected chi connectivity index (χ0v) is 15.3. The lowest BCUT2D eigenvalue weighted by Gasteiger charge is -2.09. The lowest BCUT2D eigenvalue weighted by molar-refractivity contribution is -0.123. The molecule has 0 spiro atoms. The van der Waals surface area contributed by atoms with Gasteiger partial charge in [-0.15, -0.1) is 0 Å². The number of para-hydroxylation sites is 1. The number of nitrogens with one attached hydrogen (secondary N) is 2. The Hall–Kier alpha value is -2.60. The first-order chi connectivity index (χ1) is 12.2. The second-order valence-electron chi connectivity index (χ2n) is 5.48. The quantitative estimate of drug-likeness (QED) is 0.485. The molecule has 6 heteroatoms. The summed E-state index contributed by atoms with van der Waals surface area (Å²) < 4.78 is 6.58. The molecule has 3 rings (SSSR count). The molecule has 0 aliphatic carbocycles. The maximum Gasteiger partial charge on any atom is 0.277 e. The molecule has 0 aliphatic heterocycles. The van der Waals surface area contributed by atoms with E-state index in [0.29, 0.717) is 5.75 Å². The maximum absolute atomic E-state index is 11.9. The number of hydrazone groups is 1. The molecule has 3 aromatic rings. The zero-order chi connectivity index (χ0) is 17.6. The van der Waals surface area contributed by atoms with Crippen molar-refractivity contribution in [2.24, 2.45) is 5.10 Å². The van der Waals surface area contributed by atoms with Gasteiger partial charge in [-0.2, -0.15) is 5.10 Å². The van der Waals surface area contributed by atoms with Crippen molar-refractivity contribution in [3.63, 3.8) is 0 Å². The number of carbonyl (C=O) groups excluding carboxylic acids is 1. The van der Waals surface area contributed by atoms with Crippen LogP contribution in [0.4, 0.5) is 0 Å². The van der Waals surface area contributed by atoms with Crippen LogP contribution in [0.5, 0.6) is 5.75 Å². The molecule has 0 unspecified atom stereocenters. The normalized spacial score (nSPS) is 11.1. The van der Waals surface area contributed by atoms with E-state index in [4.69, 9.17) is 4.74 Å². The van der Waals surface area contributed by atoms with Gasteiger partial charge in [0, 0.05) is 27.1 Å². The lowest BCUT2D eigenvalue weighted by Crippen LogP contribution is -2.24. The lowest BCUT2D eigenvalue weighted by atomic mass is 10.1. The standard InChI is InChI=1S/C19H18BrN3O2/c1-2-13-9-15(20)7-8-18(13)25-12-19(24)23-22-11-14-10-21-17-6-4-3-5-16(14)17/h3-11,21H,2,12H2,1H3,(H,23,24)/b22-11+. The second kappa shape index (κ2) is 7.98. The highest BCUT2D eigenvalue weighted by atomic mass is 79.9. The molecule has 1 amide bonds. The largest absolute Gasteiger partial charge is 0.483 e. The van der Waals surface area contributed by atoms with Crippen molar-refractivity contribution in [1.82, 2.24) is 10.4 Å². The number of hydrogen-bond donors (Lipinski definition) is 2. The number of H-pyrrole nitrogens is 1. The van der Waals surface area contributed by atoms with E-state index < -0.39 is 0 Å². The van der Waals surface area contributed by atoms with Gasteiger partial charge in [0.25, 0.3) is 5.91 Å². The van der Waals surface area contributed by atoms with E-state index in [1.165, 1.54) is 0 Å². The van der Waals surface area contributed by atoms with Crippen molar-refractivity contribution in [3.05, 3.63) is 64.3 Å². The highest BCUT2D eigenvalue weighted by Gasteiger charge is 2.06. The minimum atomic E-state index is -0.305. The summed E-state index contributed by atoms with van der Waals surface area (Å²) >= 11 is 3.43. The van der Waals surface area contributed by atoms with E-state index in [0.717, 1.165) is 32.9 Å². The smallest absolute Gasteiger partial charge is 0.277 e. The van der Waals surface area contributed by atoms with Crippen molar-refractivity contribution in [1.29, 1.82) is 0 Å². The number of aryl methyl sites for hydroxylation is 1. The third-order valence-electron chi connectivity index (χ3n) is 3.78. The number of amides is 1. The van der Waals surface area contributed by atoms with Crippen LogP contribution in [-0.4, -0.2) is 23.7 Å². The minimum Gasteiger partial charge on any atom is -0.483 e. The highest BCUT2D eigenvalue weighted by Crippen LogP contribution is 2.23. The number of ether oxygens (including phenoxy) is 1. The molecule has 2 aromatic carbocycles. The number of nitrogens with zero attached hydrogens (tertiary/aromatic N) is 1. The van der Waals surface area contributed by atoms with Crippen molar-refractivity contribution in [3.8, 4) is 5.75 Å². The second-order valence-corrected chi connectivity index (χ2v) is 6.39. The summed E-state index contributed by atoms with van der Waals surface area (Å²) in [5.74, 6) is 0.405. The van der Waals surface area contributed by atoms with Gasteiger partial charge < -0.3 is 9.72 Å². The minimum absolute atomic E-state index is 0.0835. The van der Waals surface area contributed by atoms with E-state index in [9.17, 15) is 4.79 Å². The molecule has 0 aliphatic rings. The van der Waals surface area contributed by atoms with E-state index >= 15 is 0 Å². The summed E-state index contributed by atoms with van der Waals surface area (Å²) in [5.41, 5.74) is 5.48. The Bertz CT molecular complexity index is 918. The fraction of sp³-hybridized carbons (Fsp3) is 0.158. The van der Waals surface area contributed by atoms with Gasteiger partial charge in [-0.25, -0.2) is 5.43 Å². The van der Waals surface area contributed by atoms with Crippen LogP contribution in [0.15, 0.2) is 58.2 Å². The Morgan fingerprint density at radius 3 is 3.00 bits per heavy atom. The molecule has 2 N–H and O–H groups in total. The van der Waals surface area contributed by atoms with Crippen LogP contribution in [0.1, 0.15) is 18.1 Å².